The molecule has 0 saturated carbocycles. The summed E-state index contributed by atoms with van der Waals surface area (Å²) in [5.41, 5.74) is 7.66. The van der Waals surface area contributed by atoms with E-state index in [1.165, 1.54) is 0 Å². The largest absolute Gasteiger partial charge is 0.387 e. The summed E-state index contributed by atoms with van der Waals surface area (Å²) in [5, 5.41) is 0. The van der Waals surface area contributed by atoms with Gasteiger partial charge < -0.3 is 5.73 Å². The van der Waals surface area contributed by atoms with E-state index in [0.29, 0.717) is 18.1 Å². The van der Waals surface area contributed by atoms with Crippen LogP contribution in [-0.2, 0) is 0 Å². The van der Waals surface area contributed by atoms with Crippen molar-refractivity contribution in [3.05, 3.63) is 66.2 Å². The van der Waals surface area contributed by atoms with Gasteiger partial charge in [0.1, 0.15) is 5.84 Å². The summed E-state index contributed by atoms with van der Waals surface area (Å²) in [6, 6.07) is 19.6. The molecule has 0 aliphatic carbocycles. The third kappa shape index (κ3) is 3.78. The Bertz CT molecular complexity index is 571. The van der Waals surface area contributed by atoms with Crippen molar-refractivity contribution in [1.29, 1.82) is 0 Å². The molecular weight excluding hydrogens is 234 g/mol. The predicted molar refractivity (Wildman–Crippen MR) is 81.0 cm³/mol. The van der Waals surface area contributed by atoms with Gasteiger partial charge in [0, 0.05) is 12.0 Å². The van der Waals surface area contributed by atoms with Crippen molar-refractivity contribution in [2.75, 3.05) is 0 Å². The molecule has 2 aromatic rings. The Kier molecular flexibility index (Phi) is 4.45. The predicted octanol–water partition coefficient (Wildman–Crippen LogP) is 3.53. The third-order valence-electron chi connectivity index (χ3n) is 2.63. The molecule has 0 unspecified atom stereocenters. The lowest BCUT2D eigenvalue weighted by atomic mass is 10.2. The van der Waals surface area contributed by atoms with Gasteiger partial charge >= 0.3 is 0 Å². The van der Waals surface area contributed by atoms with E-state index in [0.717, 1.165) is 11.3 Å². The van der Waals surface area contributed by atoms with Crippen LogP contribution in [0.5, 0.6) is 0 Å². The lowest BCUT2D eigenvalue weighted by Gasteiger charge is -2.03. The molecule has 0 bridgehead atoms. The molecule has 0 radical (unpaired) electrons. The number of para-hydroxylation sites is 1. The molecule has 2 aromatic carbocycles. The fraction of sp³-hybridized carbons (Fsp3) is 0.125. The third-order valence-corrected chi connectivity index (χ3v) is 2.63. The molecule has 0 amide bonds. The lowest BCUT2D eigenvalue weighted by molar-refractivity contribution is 1.24. The highest BCUT2D eigenvalue weighted by molar-refractivity contribution is 6.07. The first-order valence-corrected chi connectivity index (χ1v) is 6.32. The zero-order chi connectivity index (χ0) is 13.5. The smallest absolute Gasteiger partial charge is 0.161 e. The summed E-state index contributed by atoms with van der Waals surface area (Å²) < 4.78 is 0. The van der Waals surface area contributed by atoms with E-state index in [1.807, 2.05) is 67.6 Å². The molecule has 3 nitrogen and oxygen atoms in total. The molecule has 0 spiro atoms. The topological polar surface area (TPSA) is 50.7 Å². The monoisotopic (exact) mass is 251 g/mol. The van der Waals surface area contributed by atoms with E-state index in [9.17, 15) is 0 Å². The summed E-state index contributed by atoms with van der Waals surface area (Å²) in [5.74, 6) is 1.23. The fourth-order valence-electron chi connectivity index (χ4n) is 1.58. The highest BCUT2D eigenvalue weighted by Gasteiger charge is 2.02. The van der Waals surface area contributed by atoms with Crippen LogP contribution in [-0.4, -0.2) is 11.7 Å². The van der Waals surface area contributed by atoms with Crippen LogP contribution in [0.4, 0.5) is 5.69 Å². The van der Waals surface area contributed by atoms with Gasteiger partial charge in [-0.05, 0) is 12.1 Å². The second-order valence-corrected chi connectivity index (χ2v) is 4.09. The van der Waals surface area contributed by atoms with Crippen LogP contribution in [0.15, 0.2) is 70.6 Å². The van der Waals surface area contributed by atoms with Crippen LogP contribution in [0, 0.1) is 0 Å². The highest BCUT2D eigenvalue weighted by Crippen LogP contribution is 2.14. The van der Waals surface area contributed by atoms with Crippen LogP contribution in [0.2, 0.25) is 0 Å². The molecule has 0 heterocycles. The maximum atomic E-state index is 5.83. The van der Waals surface area contributed by atoms with Gasteiger partial charge in [-0.2, -0.15) is 0 Å². The average molecular weight is 251 g/mol. The van der Waals surface area contributed by atoms with Crippen molar-refractivity contribution in [1.82, 2.24) is 0 Å². The molecule has 96 valence electrons. The van der Waals surface area contributed by atoms with Gasteiger partial charge in [0.05, 0.1) is 5.69 Å². The molecule has 0 aliphatic rings. The Morgan fingerprint density at radius 3 is 2.11 bits per heavy atom. The van der Waals surface area contributed by atoms with Crippen LogP contribution in [0.1, 0.15) is 18.9 Å². The maximum Gasteiger partial charge on any atom is 0.161 e. The van der Waals surface area contributed by atoms with Gasteiger partial charge in [-0.3, -0.25) is 0 Å². The molecule has 2 rings (SSSR count). The normalized spacial score (nSPS) is 12.5. The van der Waals surface area contributed by atoms with Crippen LogP contribution in [0.25, 0.3) is 0 Å². The number of rotatable bonds is 3. The summed E-state index contributed by atoms with van der Waals surface area (Å²) in [6.07, 6.45) is 0.709. The molecule has 2 N–H and O–H groups in total. The Morgan fingerprint density at radius 1 is 0.947 bits per heavy atom. The molecule has 0 aromatic heterocycles. The minimum Gasteiger partial charge on any atom is -0.387 e. The van der Waals surface area contributed by atoms with Crippen LogP contribution in [0.3, 0.4) is 0 Å². The second kappa shape index (κ2) is 6.50. The number of hydrogen-bond donors (Lipinski definition) is 1. The van der Waals surface area contributed by atoms with Crippen molar-refractivity contribution < 1.29 is 0 Å². The van der Waals surface area contributed by atoms with Crippen molar-refractivity contribution in [2.24, 2.45) is 15.7 Å². The zero-order valence-electron chi connectivity index (χ0n) is 11.0. The summed E-state index contributed by atoms with van der Waals surface area (Å²) in [4.78, 5) is 8.97. The average Bonchev–Trinajstić information content (AvgIpc) is 2.48. The van der Waals surface area contributed by atoms with E-state index in [2.05, 4.69) is 9.98 Å². The summed E-state index contributed by atoms with van der Waals surface area (Å²) in [6.45, 7) is 1.98. The lowest BCUT2D eigenvalue weighted by Crippen LogP contribution is -2.13. The molecule has 19 heavy (non-hydrogen) atoms. The Labute approximate surface area is 113 Å². The number of nitrogens with zero attached hydrogens (tertiary/aromatic N) is 2. The van der Waals surface area contributed by atoms with E-state index in [1.54, 1.807) is 0 Å². The van der Waals surface area contributed by atoms with Gasteiger partial charge in [0.15, 0.2) is 5.84 Å². The van der Waals surface area contributed by atoms with Gasteiger partial charge in [-0.15, -0.1) is 0 Å². The molecule has 0 atom stereocenters. The van der Waals surface area contributed by atoms with Crippen LogP contribution >= 0.6 is 0 Å². The second-order valence-electron chi connectivity index (χ2n) is 4.09. The molecule has 3 heteroatoms. The number of nitrogens with two attached hydrogens (primary N) is 1. The number of aliphatic imine (C=N–C) groups is 2. The maximum absolute atomic E-state index is 5.83. The minimum absolute atomic E-state index is 0.582. The fourth-order valence-corrected chi connectivity index (χ4v) is 1.58. The van der Waals surface area contributed by atoms with Crippen molar-refractivity contribution in [3.8, 4) is 0 Å². The number of benzene rings is 2. The zero-order valence-corrected chi connectivity index (χ0v) is 11.0. The first-order chi connectivity index (χ1) is 9.29. The Morgan fingerprint density at radius 2 is 1.53 bits per heavy atom. The van der Waals surface area contributed by atoms with Crippen LogP contribution < -0.4 is 5.73 Å². The molecular formula is C16H17N3. The van der Waals surface area contributed by atoms with E-state index in [4.69, 9.17) is 5.73 Å². The van der Waals surface area contributed by atoms with Gasteiger partial charge in [-0.1, -0.05) is 55.5 Å². The van der Waals surface area contributed by atoms with Crippen molar-refractivity contribution >= 4 is 17.4 Å². The quantitative estimate of drug-likeness (QED) is 0.658. The summed E-state index contributed by atoms with van der Waals surface area (Å²) >= 11 is 0. The molecule has 0 fully saturated rings. The Balaban J connectivity index is 2.44. The molecule has 0 aliphatic heterocycles. The highest BCUT2D eigenvalue weighted by atomic mass is 15.0. The summed E-state index contributed by atoms with van der Waals surface area (Å²) in [7, 11) is 0. The minimum atomic E-state index is 0.582. The number of hydrogen-bond acceptors (Lipinski definition) is 1. The van der Waals surface area contributed by atoms with Gasteiger partial charge in [-0.25, -0.2) is 9.98 Å². The van der Waals surface area contributed by atoms with E-state index < -0.39 is 0 Å². The first-order valence-electron chi connectivity index (χ1n) is 6.32. The standard InChI is InChI=1S/C16H17N3/c1-2-15(17)19-16(13-9-5-3-6-10-13)18-14-11-7-4-8-12-14/h3-12H,2H2,1H3,(H2,17,18,19). The first kappa shape index (κ1) is 13.0. The van der Waals surface area contributed by atoms with Gasteiger partial charge in [0.2, 0.25) is 0 Å². The Hall–Kier alpha value is -2.42. The van der Waals surface area contributed by atoms with Gasteiger partial charge in [0.25, 0.3) is 0 Å². The number of amidine groups is 2. The van der Waals surface area contributed by atoms with E-state index >= 15 is 0 Å². The van der Waals surface area contributed by atoms with Crippen molar-refractivity contribution in [2.45, 2.75) is 13.3 Å². The molecule has 0 saturated heterocycles. The SMILES string of the molecule is CCC(N)=NC(=Nc1ccccc1)c1ccccc1. The van der Waals surface area contributed by atoms with E-state index in [-0.39, 0.29) is 0 Å². The van der Waals surface area contributed by atoms with Crippen molar-refractivity contribution in [3.63, 3.8) is 0 Å².